The third kappa shape index (κ3) is 3.52. The monoisotopic (exact) mass is 334 g/mol. The first kappa shape index (κ1) is 15.4. The van der Waals surface area contributed by atoms with Gasteiger partial charge in [-0.3, -0.25) is 9.89 Å². The minimum Gasteiger partial charge on any atom is -0.493 e. The number of anilines is 1. The molecular weight excluding hydrogens is 316 g/mol. The zero-order valence-electron chi connectivity index (χ0n) is 13.7. The summed E-state index contributed by atoms with van der Waals surface area (Å²) in [4.78, 5) is 16.1. The van der Waals surface area contributed by atoms with E-state index in [1.165, 1.54) is 11.9 Å². The number of benzene rings is 2. The van der Waals surface area contributed by atoms with Gasteiger partial charge < -0.3 is 10.1 Å². The molecule has 0 radical (unpaired) electrons. The number of hydrogen-bond acceptors (Lipinski definition) is 4. The van der Waals surface area contributed by atoms with Gasteiger partial charge in [-0.25, -0.2) is 4.98 Å². The van der Waals surface area contributed by atoms with E-state index >= 15 is 0 Å². The summed E-state index contributed by atoms with van der Waals surface area (Å²) in [6.07, 6.45) is 3.28. The number of aromatic amines is 1. The Labute approximate surface area is 145 Å². The smallest absolute Gasteiger partial charge is 0.224 e. The van der Waals surface area contributed by atoms with Gasteiger partial charge in [0.05, 0.1) is 6.61 Å². The second kappa shape index (κ2) is 6.76. The maximum absolute atomic E-state index is 12.1. The summed E-state index contributed by atoms with van der Waals surface area (Å²) in [7, 11) is 0. The SMILES string of the molecule is O=C(CCc1ncn[nH]1)Nc1cccc(-c2ccc3c(c2)CCO3)c1. The highest BCUT2D eigenvalue weighted by atomic mass is 16.5. The van der Waals surface area contributed by atoms with E-state index in [4.69, 9.17) is 4.74 Å². The third-order valence-electron chi connectivity index (χ3n) is 4.22. The maximum atomic E-state index is 12.1. The Morgan fingerprint density at radius 2 is 2.12 bits per heavy atom. The first-order valence-electron chi connectivity index (χ1n) is 8.28. The van der Waals surface area contributed by atoms with Crippen molar-refractivity contribution < 1.29 is 9.53 Å². The average molecular weight is 334 g/mol. The van der Waals surface area contributed by atoms with Crippen LogP contribution in [0, 0.1) is 0 Å². The van der Waals surface area contributed by atoms with Crippen LogP contribution in [0.2, 0.25) is 0 Å². The first-order chi connectivity index (χ1) is 12.3. The molecule has 3 aromatic rings. The normalized spacial score (nSPS) is 12.5. The minimum atomic E-state index is -0.0455. The molecule has 0 aliphatic carbocycles. The number of fused-ring (bicyclic) bond motifs is 1. The van der Waals surface area contributed by atoms with Crippen molar-refractivity contribution >= 4 is 11.6 Å². The highest BCUT2D eigenvalue weighted by Gasteiger charge is 2.13. The molecule has 1 amide bonds. The van der Waals surface area contributed by atoms with Crippen LogP contribution in [0.15, 0.2) is 48.8 Å². The van der Waals surface area contributed by atoms with Crippen molar-refractivity contribution in [3.05, 3.63) is 60.2 Å². The van der Waals surface area contributed by atoms with Gasteiger partial charge in [-0.1, -0.05) is 18.2 Å². The lowest BCUT2D eigenvalue weighted by Crippen LogP contribution is -2.12. The summed E-state index contributed by atoms with van der Waals surface area (Å²) in [5, 5.41) is 9.47. The quantitative estimate of drug-likeness (QED) is 0.752. The number of hydrogen-bond donors (Lipinski definition) is 2. The fourth-order valence-corrected chi connectivity index (χ4v) is 2.95. The van der Waals surface area contributed by atoms with Crippen LogP contribution in [-0.2, 0) is 17.6 Å². The zero-order valence-corrected chi connectivity index (χ0v) is 13.7. The zero-order chi connectivity index (χ0) is 17.1. The number of carbonyl (C=O) groups is 1. The Bertz CT molecular complexity index is 890. The molecule has 1 aliphatic rings. The predicted molar refractivity (Wildman–Crippen MR) is 94.4 cm³/mol. The van der Waals surface area contributed by atoms with Crippen LogP contribution in [0.5, 0.6) is 5.75 Å². The molecule has 1 aliphatic heterocycles. The van der Waals surface area contributed by atoms with Crippen molar-refractivity contribution in [1.82, 2.24) is 15.2 Å². The molecular formula is C19H18N4O2. The summed E-state index contributed by atoms with van der Waals surface area (Å²) in [6, 6.07) is 14.1. The van der Waals surface area contributed by atoms with Crippen LogP contribution < -0.4 is 10.1 Å². The number of nitrogens with one attached hydrogen (secondary N) is 2. The van der Waals surface area contributed by atoms with E-state index in [-0.39, 0.29) is 5.91 Å². The van der Waals surface area contributed by atoms with Crippen molar-refractivity contribution in [1.29, 1.82) is 0 Å². The van der Waals surface area contributed by atoms with Crippen LogP contribution in [-0.4, -0.2) is 27.7 Å². The summed E-state index contributed by atoms with van der Waals surface area (Å²) in [5.74, 6) is 1.64. The van der Waals surface area contributed by atoms with E-state index < -0.39 is 0 Å². The molecule has 0 fully saturated rings. The maximum Gasteiger partial charge on any atom is 0.224 e. The number of rotatable bonds is 5. The lowest BCUT2D eigenvalue weighted by Gasteiger charge is -2.08. The standard InChI is InChI=1S/C19H18N4O2/c24-19(7-6-18-20-12-21-23-18)22-16-3-1-2-13(11-16)14-4-5-17-15(10-14)8-9-25-17/h1-5,10-12H,6-9H2,(H,22,24)(H,20,21,23). The second-order valence-corrected chi connectivity index (χ2v) is 5.98. The van der Waals surface area contributed by atoms with E-state index in [1.54, 1.807) is 0 Å². The lowest BCUT2D eigenvalue weighted by molar-refractivity contribution is -0.116. The van der Waals surface area contributed by atoms with Gasteiger partial charge in [0.2, 0.25) is 5.91 Å². The van der Waals surface area contributed by atoms with Crippen LogP contribution in [0.3, 0.4) is 0 Å². The Morgan fingerprint density at radius 1 is 1.20 bits per heavy atom. The largest absolute Gasteiger partial charge is 0.493 e. The molecule has 0 saturated heterocycles. The van der Waals surface area contributed by atoms with Gasteiger partial charge in [0.1, 0.15) is 17.9 Å². The Kier molecular flexibility index (Phi) is 4.16. The van der Waals surface area contributed by atoms with Crippen molar-refractivity contribution in [3.8, 4) is 16.9 Å². The van der Waals surface area contributed by atoms with Crippen molar-refractivity contribution in [3.63, 3.8) is 0 Å². The lowest BCUT2D eigenvalue weighted by atomic mass is 10.0. The first-order valence-corrected chi connectivity index (χ1v) is 8.28. The van der Waals surface area contributed by atoms with Gasteiger partial charge in [-0.15, -0.1) is 0 Å². The van der Waals surface area contributed by atoms with E-state index in [0.29, 0.717) is 18.7 Å². The molecule has 0 bridgehead atoms. The van der Waals surface area contributed by atoms with Crippen LogP contribution in [0.4, 0.5) is 5.69 Å². The molecule has 6 nitrogen and oxygen atoms in total. The van der Waals surface area contributed by atoms with E-state index in [9.17, 15) is 4.79 Å². The molecule has 0 atom stereocenters. The number of ether oxygens (including phenoxy) is 1. The second-order valence-electron chi connectivity index (χ2n) is 5.98. The van der Waals surface area contributed by atoms with Crippen LogP contribution in [0.1, 0.15) is 17.8 Å². The molecule has 0 saturated carbocycles. The molecule has 126 valence electrons. The molecule has 0 unspecified atom stereocenters. The number of carbonyl (C=O) groups excluding carboxylic acids is 1. The highest BCUT2D eigenvalue weighted by molar-refractivity contribution is 5.91. The Balaban J connectivity index is 1.45. The fourth-order valence-electron chi connectivity index (χ4n) is 2.95. The average Bonchev–Trinajstić information content (AvgIpc) is 3.31. The summed E-state index contributed by atoms with van der Waals surface area (Å²) in [6.45, 7) is 0.750. The molecule has 2 heterocycles. The summed E-state index contributed by atoms with van der Waals surface area (Å²) in [5.41, 5.74) is 4.22. The predicted octanol–water partition coefficient (Wildman–Crippen LogP) is 2.98. The van der Waals surface area contributed by atoms with E-state index in [2.05, 4.69) is 32.6 Å². The molecule has 6 heteroatoms. The van der Waals surface area contributed by atoms with Gasteiger partial charge >= 0.3 is 0 Å². The summed E-state index contributed by atoms with van der Waals surface area (Å²) < 4.78 is 5.55. The fraction of sp³-hybridized carbons (Fsp3) is 0.211. The van der Waals surface area contributed by atoms with Crippen LogP contribution in [0.25, 0.3) is 11.1 Å². The van der Waals surface area contributed by atoms with Crippen LogP contribution >= 0.6 is 0 Å². The topological polar surface area (TPSA) is 79.9 Å². The minimum absolute atomic E-state index is 0.0455. The Hall–Kier alpha value is -3.15. The summed E-state index contributed by atoms with van der Waals surface area (Å²) >= 11 is 0. The third-order valence-corrected chi connectivity index (χ3v) is 4.22. The Morgan fingerprint density at radius 3 is 3.00 bits per heavy atom. The molecule has 0 spiro atoms. The van der Waals surface area contributed by atoms with Gasteiger partial charge in [-0.05, 0) is 41.0 Å². The van der Waals surface area contributed by atoms with E-state index in [1.807, 2.05) is 30.3 Å². The number of nitrogens with zero attached hydrogens (tertiary/aromatic N) is 2. The van der Waals surface area contributed by atoms with Gasteiger partial charge in [0.25, 0.3) is 0 Å². The molecule has 25 heavy (non-hydrogen) atoms. The van der Waals surface area contributed by atoms with E-state index in [0.717, 1.165) is 35.6 Å². The number of amides is 1. The van der Waals surface area contributed by atoms with Crippen molar-refractivity contribution in [2.75, 3.05) is 11.9 Å². The van der Waals surface area contributed by atoms with Crippen molar-refractivity contribution in [2.45, 2.75) is 19.3 Å². The number of aromatic nitrogens is 3. The molecule has 4 rings (SSSR count). The number of aryl methyl sites for hydroxylation is 1. The van der Waals surface area contributed by atoms with Gasteiger partial charge in [0.15, 0.2) is 0 Å². The molecule has 2 aromatic carbocycles. The molecule has 2 N–H and O–H groups in total. The highest BCUT2D eigenvalue weighted by Crippen LogP contribution is 2.31. The van der Waals surface area contributed by atoms with Gasteiger partial charge in [0, 0.05) is 24.9 Å². The molecule has 1 aromatic heterocycles. The van der Waals surface area contributed by atoms with Gasteiger partial charge in [-0.2, -0.15) is 5.10 Å². The van der Waals surface area contributed by atoms with Crippen molar-refractivity contribution in [2.24, 2.45) is 0 Å². The number of H-pyrrole nitrogens is 1.